The monoisotopic (exact) mass is 572 g/mol. The van der Waals surface area contributed by atoms with Gasteiger partial charge in [0.25, 0.3) is 5.97 Å². The van der Waals surface area contributed by atoms with Gasteiger partial charge in [-0.15, -0.1) is 0 Å². The van der Waals surface area contributed by atoms with E-state index in [-0.39, 0.29) is 30.8 Å². The van der Waals surface area contributed by atoms with Gasteiger partial charge in [-0.2, -0.15) is 26.3 Å². The van der Waals surface area contributed by atoms with E-state index < -0.39 is 29.5 Å². The Morgan fingerprint density at radius 1 is 0.641 bits per heavy atom. The van der Waals surface area contributed by atoms with Crippen LogP contribution in [0.15, 0.2) is 18.2 Å². The minimum absolute atomic E-state index is 0.00984. The van der Waals surface area contributed by atoms with Crippen molar-refractivity contribution < 1.29 is 45.3 Å². The molecular weight excluding hydrogens is 526 g/mol. The summed E-state index contributed by atoms with van der Waals surface area (Å²) >= 11 is 0. The summed E-state index contributed by atoms with van der Waals surface area (Å²) in [4.78, 5) is 0. The van der Waals surface area contributed by atoms with Gasteiger partial charge in [-0.1, -0.05) is 58.3 Å². The highest BCUT2D eigenvalue weighted by molar-refractivity contribution is 5.33. The van der Waals surface area contributed by atoms with Crippen LogP contribution in [-0.2, 0) is 37.7 Å². The SMILES string of the molecule is CCCCCCCCC(CCCCCc1cc(C(F)(F)F)cc(C(F)(F)F)c1)C(OCC)(OCC)OCOC. The van der Waals surface area contributed by atoms with E-state index in [1.807, 2.05) is 13.8 Å². The number of hydrogen-bond acceptors (Lipinski definition) is 4. The Labute approximate surface area is 229 Å². The summed E-state index contributed by atoms with van der Waals surface area (Å²) in [6.07, 6.45) is 0.454. The highest BCUT2D eigenvalue weighted by Gasteiger charge is 2.42. The third kappa shape index (κ3) is 13.2. The van der Waals surface area contributed by atoms with Gasteiger partial charge < -0.3 is 18.9 Å². The second-order valence-electron chi connectivity index (χ2n) is 9.79. The van der Waals surface area contributed by atoms with Crippen molar-refractivity contribution >= 4 is 0 Å². The number of unbranched alkanes of at least 4 members (excludes halogenated alkanes) is 7. The molecule has 0 fully saturated rings. The Morgan fingerprint density at radius 3 is 1.59 bits per heavy atom. The number of aryl methyl sites for hydroxylation is 1. The molecule has 0 saturated carbocycles. The molecule has 0 spiro atoms. The topological polar surface area (TPSA) is 36.9 Å². The van der Waals surface area contributed by atoms with Crippen LogP contribution in [-0.4, -0.2) is 33.1 Å². The molecule has 1 unspecified atom stereocenters. The van der Waals surface area contributed by atoms with Crippen LogP contribution < -0.4 is 0 Å². The number of alkyl halides is 6. The van der Waals surface area contributed by atoms with E-state index in [1.165, 1.54) is 26.4 Å². The Kier molecular flexibility index (Phi) is 16.6. The quantitative estimate of drug-likeness (QED) is 0.0835. The van der Waals surface area contributed by atoms with Gasteiger partial charge in [0.1, 0.15) is 0 Å². The molecule has 0 saturated heterocycles. The fraction of sp³-hybridized carbons (Fsp3) is 0.793. The van der Waals surface area contributed by atoms with Crippen molar-refractivity contribution in [2.45, 2.75) is 116 Å². The maximum atomic E-state index is 13.2. The molecule has 39 heavy (non-hydrogen) atoms. The largest absolute Gasteiger partial charge is 0.416 e. The molecule has 10 heteroatoms. The lowest BCUT2D eigenvalue weighted by Gasteiger charge is -2.39. The van der Waals surface area contributed by atoms with Crippen LogP contribution >= 0.6 is 0 Å². The Hall–Kier alpha value is -1.36. The lowest BCUT2D eigenvalue weighted by molar-refractivity contribution is -0.418. The van der Waals surface area contributed by atoms with Gasteiger partial charge in [0.05, 0.1) is 11.1 Å². The zero-order chi connectivity index (χ0) is 29.4. The minimum atomic E-state index is -4.84. The van der Waals surface area contributed by atoms with E-state index in [4.69, 9.17) is 18.9 Å². The number of hydrogen-bond donors (Lipinski definition) is 0. The fourth-order valence-corrected chi connectivity index (χ4v) is 4.75. The van der Waals surface area contributed by atoms with Crippen LogP contribution in [0, 0.1) is 5.92 Å². The third-order valence-corrected chi connectivity index (χ3v) is 6.64. The van der Waals surface area contributed by atoms with E-state index >= 15 is 0 Å². The maximum Gasteiger partial charge on any atom is 0.416 e. The average molecular weight is 573 g/mol. The van der Waals surface area contributed by atoms with Crippen LogP contribution in [0.4, 0.5) is 26.3 Å². The van der Waals surface area contributed by atoms with Crippen LogP contribution in [0.2, 0.25) is 0 Å². The van der Waals surface area contributed by atoms with E-state index in [0.717, 1.165) is 37.8 Å². The third-order valence-electron chi connectivity index (χ3n) is 6.64. The van der Waals surface area contributed by atoms with Gasteiger partial charge in [0.2, 0.25) is 0 Å². The summed E-state index contributed by atoms with van der Waals surface area (Å²) in [6, 6.07) is 1.78. The molecule has 0 aromatic heterocycles. The van der Waals surface area contributed by atoms with E-state index in [9.17, 15) is 26.3 Å². The fourth-order valence-electron chi connectivity index (χ4n) is 4.75. The van der Waals surface area contributed by atoms with Crippen molar-refractivity contribution in [3.63, 3.8) is 0 Å². The van der Waals surface area contributed by atoms with Crippen molar-refractivity contribution in [3.8, 4) is 0 Å². The maximum absolute atomic E-state index is 13.2. The number of methoxy groups -OCH3 is 1. The number of benzene rings is 1. The van der Waals surface area contributed by atoms with E-state index in [2.05, 4.69) is 6.92 Å². The molecule has 0 amide bonds. The first-order valence-electron chi connectivity index (χ1n) is 14.1. The van der Waals surface area contributed by atoms with Crippen molar-refractivity contribution in [2.75, 3.05) is 27.1 Å². The molecule has 0 aliphatic rings. The summed E-state index contributed by atoms with van der Waals surface area (Å²) < 4.78 is 102. The standard InChI is InChI=1S/C29H46F6O4/c1-5-8-9-10-11-14-17-24(29(37-6-2,38-7-3)39-22-36-4)18-15-12-13-16-23-19-25(27(30,31)32)21-26(20-23)28(33,34)35/h19-21,24H,5-18,22H2,1-4H3. The first kappa shape index (κ1) is 35.7. The molecule has 1 atom stereocenters. The van der Waals surface area contributed by atoms with Crippen LogP contribution in [0.1, 0.15) is 108 Å². The molecule has 228 valence electrons. The van der Waals surface area contributed by atoms with Gasteiger partial charge >= 0.3 is 12.4 Å². The van der Waals surface area contributed by atoms with Gasteiger partial charge in [0.15, 0.2) is 6.79 Å². The molecule has 4 nitrogen and oxygen atoms in total. The minimum Gasteiger partial charge on any atom is -0.358 e. The zero-order valence-corrected chi connectivity index (χ0v) is 23.8. The average Bonchev–Trinajstić information content (AvgIpc) is 2.87. The van der Waals surface area contributed by atoms with Gasteiger partial charge in [-0.3, -0.25) is 0 Å². The van der Waals surface area contributed by atoms with E-state index in [0.29, 0.717) is 38.9 Å². The number of ether oxygens (including phenoxy) is 4. The Morgan fingerprint density at radius 2 is 1.13 bits per heavy atom. The Bertz CT molecular complexity index is 744. The lowest BCUT2D eigenvalue weighted by Crippen LogP contribution is -2.47. The predicted octanol–water partition coefficient (Wildman–Crippen LogP) is 9.54. The highest BCUT2D eigenvalue weighted by atomic mass is 19.4. The molecule has 1 aromatic carbocycles. The molecule has 0 heterocycles. The molecule has 1 rings (SSSR count). The van der Waals surface area contributed by atoms with Crippen molar-refractivity contribution in [1.82, 2.24) is 0 Å². The highest BCUT2D eigenvalue weighted by Crippen LogP contribution is 2.37. The first-order chi connectivity index (χ1) is 18.4. The molecular formula is C29H46F6O4. The second-order valence-corrected chi connectivity index (χ2v) is 9.79. The van der Waals surface area contributed by atoms with Crippen LogP contribution in [0.3, 0.4) is 0 Å². The smallest absolute Gasteiger partial charge is 0.358 e. The van der Waals surface area contributed by atoms with Crippen LogP contribution in [0.25, 0.3) is 0 Å². The summed E-state index contributed by atoms with van der Waals surface area (Å²) in [6.45, 7) is 6.61. The number of halogens is 6. The van der Waals surface area contributed by atoms with Crippen LogP contribution in [0.5, 0.6) is 0 Å². The lowest BCUT2D eigenvalue weighted by atomic mass is 9.91. The number of rotatable bonds is 21. The summed E-state index contributed by atoms with van der Waals surface area (Å²) in [7, 11) is 1.52. The molecule has 0 N–H and O–H groups in total. The van der Waals surface area contributed by atoms with Gasteiger partial charge in [-0.05, 0) is 63.3 Å². The Balaban J connectivity index is 2.88. The predicted molar refractivity (Wildman–Crippen MR) is 139 cm³/mol. The van der Waals surface area contributed by atoms with Crippen molar-refractivity contribution in [2.24, 2.45) is 5.92 Å². The normalized spacial score (nSPS) is 13.7. The molecule has 0 radical (unpaired) electrons. The zero-order valence-electron chi connectivity index (χ0n) is 23.8. The first-order valence-corrected chi connectivity index (χ1v) is 14.1. The van der Waals surface area contributed by atoms with Gasteiger partial charge in [0, 0.05) is 26.2 Å². The van der Waals surface area contributed by atoms with Gasteiger partial charge in [-0.25, -0.2) is 0 Å². The molecule has 1 aromatic rings. The summed E-state index contributed by atoms with van der Waals surface area (Å²) in [5.74, 6) is -1.38. The molecule has 0 aliphatic carbocycles. The van der Waals surface area contributed by atoms with E-state index in [1.54, 1.807) is 0 Å². The summed E-state index contributed by atoms with van der Waals surface area (Å²) in [5.41, 5.74) is -2.53. The second kappa shape index (κ2) is 18.1. The van der Waals surface area contributed by atoms with Crippen molar-refractivity contribution in [1.29, 1.82) is 0 Å². The molecule has 0 bridgehead atoms. The van der Waals surface area contributed by atoms with Crippen molar-refractivity contribution in [3.05, 3.63) is 34.9 Å². The summed E-state index contributed by atoms with van der Waals surface area (Å²) in [5, 5.41) is 0. The molecule has 0 aliphatic heterocycles.